The summed E-state index contributed by atoms with van der Waals surface area (Å²) in [6, 6.07) is 2.95. The second-order valence-corrected chi connectivity index (χ2v) is 4.35. The van der Waals surface area contributed by atoms with Gasteiger partial charge in [-0.1, -0.05) is 6.07 Å². The summed E-state index contributed by atoms with van der Waals surface area (Å²) in [4.78, 5) is 22.4. The second-order valence-electron chi connectivity index (χ2n) is 4.35. The van der Waals surface area contributed by atoms with Crippen molar-refractivity contribution in [2.75, 3.05) is 0 Å². The summed E-state index contributed by atoms with van der Waals surface area (Å²) >= 11 is 0. The van der Waals surface area contributed by atoms with Crippen molar-refractivity contribution in [3.05, 3.63) is 35.4 Å². The molecule has 0 atom stereocenters. The van der Waals surface area contributed by atoms with Crippen LogP contribution in [-0.2, 0) is 16.1 Å². The molecule has 0 saturated heterocycles. The zero-order valence-corrected chi connectivity index (χ0v) is 9.96. The third-order valence-electron chi connectivity index (χ3n) is 2.56. The molecule has 6 heteroatoms. The van der Waals surface area contributed by atoms with Gasteiger partial charge in [-0.15, -0.1) is 0 Å². The fraction of sp³-hybridized carbons (Fsp3) is 0.333. The van der Waals surface area contributed by atoms with Crippen LogP contribution in [0.4, 0.5) is 8.78 Å². The Bertz CT molecular complexity index is 486. The average Bonchev–Trinajstić information content (AvgIpc) is 2.27. The Labute approximate surface area is 103 Å². The minimum Gasteiger partial charge on any atom is -0.480 e. The van der Waals surface area contributed by atoms with Gasteiger partial charge in [0, 0.05) is 18.2 Å². The zero-order valence-electron chi connectivity index (χ0n) is 9.96. The molecule has 0 aromatic heterocycles. The van der Waals surface area contributed by atoms with Crippen molar-refractivity contribution < 1.29 is 23.5 Å². The van der Waals surface area contributed by atoms with Crippen LogP contribution in [0.3, 0.4) is 0 Å². The molecule has 0 saturated carbocycles. The minimum atomic E-state index is -1.60. The smallest absolute Gasteiger partial charge is 0.318 e. The summed E-state index contributed by atoms with van der Waals surface area (Å²) in [6.45, 7) is 2.29. The highest BCUT2D eigenvalue weighted by atomic mass is 19.1. The lowest BCUT2D eigenvalue weighted by Crippen LogP contribution is -2.42. The first-order chi connectivity index (χ1) is 8.25. The maximum atomic E-state index is 13.2. The Morgan fingerprint density at radius 2 is 1.94 bits per heavy atom. The van der Waals surface area contributed by atoms with Crippen LogP contribution in [0.2, 0.25) is 0 Å². The van der Waals surface area contributed by atoms with E-state index < -0.39 is 28.9 Å². The number of carboxylic acid groups (broad SMARTS) is 1. The second kappa shape index (κ2) is 5.12. The number of aliphatic carboxylic acids is 1. The summed E-state index contributed by atoms with van der Waals surface area (Å²) < 4.78 is 25.9. The number of nitrogens with one attached hydrogen (secondary N) is 1. The van der Waals surface area contributed by atoms with Gasteiger partial charge < -0.3 is 10.4 Å². The molecule has 98 valence electrons. The van der Waals surface area contributed by atoms with E-state index >= 15 is 0 Å². The van der Waals surface area contributed by atoms with Crippen molar-refractivity contribution in [3.8, 4) is 0 Å². The van der Waals surface area contributed by atoms with Crippen molar-refractivity contribution in [2.45, 2.75) is 20.4 Å². The molecule has 2 N–H and O–H groups in total. The Balaban J connectivity index is 2.71. The summed E-state index contributed by atoms with van der Waals surface area (Å²) in [5, 5.41) is 11.1. The van der Waals surface area contributed by atoms with E-state index in [1.165, 1.54) is 19.9 Å². The van der Waals surface area contributed by atoms with Crippen molar-refractivity contribution in [1.82, 2.24) is 5.32 Å². The molecule has 18 heavy (non-hydrogen) atoms. The lowest BCUT2D eigenvalue weighted by atomic mass is 9.92. The highest BCUT2D eigenvalue weighted by molar-refractivity contribution is 6.00. The number of carboxylic acids is 1. The molecule has 1 aromatic rings. The standard InChI is InChI=1S/C12H13F2NO3/c1-12(2,11(17)18)10(16)15-6-7-3-4-8(13)5-9(7)14/h3-5H,6H2,1-2H3,(H,15,16)(H,17,18). The molecule has 0 aliphatic heterocycles. The summed E-state index contributed by atoms with van der Waals surface area (Å²) in [7, 11) is 0. The molecular formula is C12H13F2NO3. The van der Waals surface area contributed by atoms with E-state index in [1.807, 2.05) is 0 Å². The Kier molecular flexibility index (Phi) is 4.00. The number of benzene rings is 1. The van der Waals surface area contributed by atoms with Gasteiger partial charge in [0.2, 0.25) is 5.91 Å². The van der Waals surface area contributed by atoms with Crippen molar-refractivity contribution in [1.29, 1.82) is 0 Å². The largest absolute Gasteiger partial charge is 0.480 e. The molecule has 1 aromatic carbocycles. The van der Waals surface area contributed by atoms with Crippen LogP contribution in [0.25, 0.3) is 0 Å². The van der Waals surface area contributed by atoms with Crippen molar-refractivity contribution in [2.24, 2.45) is 5.41 Å². The number of hydrogen-bond acceptors (Lipinski definition) is 2. The van der Waals surface area contributed by atoms with E-state index in [-0.39, 0.29) is 12.1 Å². The average molecular weight is 257 g/mol. The van der Waals surface area contributed by atoms with E-state index in [9.17, 15) is 18.4 Å². The Morgan fingerprint density at radius 1 is 1.33 bits per heavy atom. The molecule has 0 radical (unpaired) electrons. The quantitative estimate of drug-likeness (QED) is 0.807. The monoisotopic (exact) mass is 257 g/mol. The van der Waals surface area contributed by atoms with Crippen LogP contribution in [0.5, 0.6) is 0 Å². The fourth-order valence-electron chi connectivity index (χ4n) is 1.16. The van der Waals surface area contributed by atoms with Crippen LogP contribution < -0.4 is 5.32 Å². The lowest BCUT2D eigenvalue weighted by Gasteiger charge is -2.18. The molecule has 1 rings (SSSR count). The van der Waals surface area contributed by atoms with E-state index in [0.29, 0.717) is 6.07 Å². The van der Waals surface area contributed by atoms with E-state index in [2.05, 4.69) is 5.32 Å². The van der Waals surface area contributed by atoms with Gasteiger partial charge in [0.25, 0.3) is 0 Å². The maximum absolute atomic E-state index is 13.2. The normalized spacial score (nSPS) is 11.1. The third-order valence-corrected chi connectivity index (χ3v) is 2.56. The molecule has 0 spiro atoms. The molecule has 1 amide bonds. The molecule has 4 nitrogen and oxygen atoms in total. The number of hydrogen-bond donors (Lipinski definition) is 2. The number of carbonyl (C=O) groups excluding carboxylic acids is 1. The first-order valence-electron chi connectivity index (χ1n) is 5.20. The molecule has 0 bridgehead atoms. The molecular weight excluding hydrogens is 244 g/mol. The Morgan fingerprint density at radius 3 is 2.44 bits per heavy atom. The van der Waals surface area contributed by atoms with Gasteiger partial charge in [0.1, 0.15) is 17.0 Å². The zero-order chi connectivity index (χ0) is 13.9. The lowest BCUT2D eigenvalue weighted by molar-refractivity contribution is -0.153. The highest BCUT2D eigenvalue weighted by Crippen LogP contribution is 2.16. The predicted molar refractivity (Wildman–Crippen MR) is 59.6 cm³/mol. The van der Waals surface area contributed by atoms with Gasteiger partial charge >= 0.3 is 5.97 Å². The molecule has 0 unspecified atom stereocenters. The molecule has 0 aliphatic rings. The molecule has 0 heterocycles. The molecule has 0 aliphatic carbocycles. The van der Waals surface area contributed by atoms with Crippen LogP contribution in [0, 0.1) is 17.0 Å². The topological polar surface area (TPSA) is 66.4 Å². The number of rotatable bonds is 4. The van der Waals surface area contributed by atoms with Gasteiger partial charge in [-0.2, -0.15) is 0 Å². The maximum Gasteiger partial charge on any atom is 0.318 e. The van der Waals surface area contributed by atoms with Crippen molar-refractivity contribution in [3.63, 3.8) is 0 Å². The predicted octanol–water partition coefficient (Wildman–Crippen LogP) is 1.69. The van der Waals surface area contributed by atoms with Crippen LogP contribution in [-0.4, -0.2) is 17.0 Å². The van der Waals surface area contributed by atoms with Crippen LogP contribution in [0.1, 0.15) is 19.4 Å². The van der Waals surface area contributed by atoms with E-state index in [1.54, 1.807) is 0 Å². The van der Waals surface area contributed by atoms with Gasteiger partial charge in [0.05, 0.1) is 0 Å². The number of carbonyl (C=O) groups is 2. The van der Waals surface area contributed by atoms with Gasteiger partial charge in [-0.3, -0.25) is 9.59 Å². The first kappa shape index (κ1) is 14.1. The SMILES string of the molecule is CC(C)(C(=O)O)C(=O)NCc1ccc(F)cc1F. The van der Waals surface area contributed by atoms with Crippen LogP contribution >= 0.6 is 0 Å². The number of halogens is 2. The number of amides is 1. The van der Waals surface area contributed by atoms with E-state index in [4.69, 9.17) is 5.11 Å². The van der Waals surface area contributed by atoms with Crippen molar-refractivity contribution >= 4 is 11.9 Å². The molecule has 0 fully saturated rings. The van der Waals surface area contributed by atoms with Gasteiger partial charge in [-0.05, 0) is 19.9 Å². The third kappa shape index (κ3) is 3.03. The van der Waals surface area contributed by atoms with E-state index in [0.717, 1.165) is 6.07 Å². The highest BCUT2D eigenvalue weighted by Gasteiger charge is 2.35. The van der Waals surface area contributed by atoms with Crippen LogP contribution in [0.15, 0.2) is 18.2 Å². The minimum absolute atomic E-state index is 0.0888. The fourth-order valence-corrected chi connectivity index (χ4v) is 1.16. The first-order valence-corrected chi connectivity index (χ1v) is 5.20. The summed E-state index contributed by atoms with van der Waals surface area (Å²) in [5.74, 6) is -3.52. The van der Waals surface area contributed by atoms with Gasteiger partial charge in [-0.25, -0.2) is 8.78 Å². The van der Waals surface area contributed by atoms with Gasteiger partial charge in [0.15, 0.2) is 0 Å². The summed E-state index contributed by atoms with van der Waals surface area (Å²) in [6.07, 6.45) is 0. The Hall–Kier alpha value is -1.98. The summed E-state index contributed by atoms with van der Waals surface area (Å²) in [5.41, 5.74) is -1.51.